The van der Waals surface area contributed by atoms with E-state index in [0.717, 1.165) is 11.5 Å². The van der Waals surface area contributed by atoms with Crippen LogP contribution in [-0.2, 0) is 9.59 Å². The summed E-state index contributed by atoms with van der Waals surface area (Å²) in [5.74, 6) is 1.66. The summed E-state index contributed by atoms with van der Waals surface area (Å²) >= 11 is 1.72. The fraction of sp³-hybridized carbons (Fsp3) is 0.692. The van der Waals surface area contributed by atoms with Gasteiger partial charge >= 0.3 is 0 Å². The van der Waals surface area contributed by atoms with Crippen LogP contribution in [0.2, 0.25) is 0 Å². The second kappa shape index (κ2) is 6.27. The smallest absolute Gasteiger partial charge is 0.248 e. The molecule has 0 radical (unpaired) electrons. The van der Waals surface area contributed by atoms with Crippen molar-refractivity contribution in [2.24, 2.45) is 0 Å². The van der Waals surface area contributed by atoms with Crippen molar-refractivity contribution in [1.29, 1.82) is 0 Å². The second-order valence-corrected chi connectivity index (χ2v) is 6.05. The van der Waals surface area contributed by atoms with Gasteiger partial charge in [0.25, 0.3) is 0 Å². The average molecular weight is 270 g/mol. The molecule has 1 rings (SSSR count). The van der Waals surface area contributed by atoms with Crippen LogP contribution in [0.1, 0.15) is 27.2 Å². The maximum Gasteiger partial charge on any atom is 0.248 e. The monoisotopic (exact) mass is 270 g/mol. The molecule has 5 heteroatoms. The van der Waals surface area contributed by atoms with Crippen LogP contribution in [0.15, 0.2) is 12.7 Å². The average Bonchev–Trinajstić information content (AvgIpc) is 2.30. The zero-order valence-corrected chi connectivity index (χ0v) is 12.2. The van der Waals surface area contributed by atoms with Gasteiger partial charge in [0.05, 0.1) is 0 Å². The number of rotatable bonds is 6. The molecule has 0 aromatic carbocycles. The molecule has 0 aliphatic carbocycles. The first kappa shape index (κ1) is 15.1. The van der Waals surface area contributed by atoms with Crippen LogP contribution in [0, 0.1) is 0 Å². The maximum atomic E-state index is 12.3. The van der Waals surface area contributed by atoms with Crippen LogP contribution in [0.5, 0.6) is 0 Å². The molecule has 102 valence electrons. The predicted octanol–water partition coefficient (Wildman–Crippen LogP) is 1.42. The second-order valence-electron chi connectivity index (χ2n) is 4.90. The van der Waals surface area contributed by atoms with Crippen molar-refractivity contribution in [3.63, 3.8) is 0 Å². The Bertz CT molecular complexity index is 342. The Morgan fingerprint density at radius 2 is 2.17 bits per heavy atom. The van der Waals surface area contributed by atoms with E-state index in [2.05, 4.69) is 11.9 Å². The first-order valence-corrected chi connectivity index (χ1v) is 7.41. The molecule has 1 fully saturated rings. The number of carbonyl (C=O) groups excluding carboxylic acids is 2. The third kappa shape index (κ3) is 3.28. The Labute approximate surface area is 113 Å². The van der Waals surface area contributed by atoms with Gasteiger partial charge in [0, 0.05) is 18.1 Å². The molecule has 1 atom stereocenters. The molecule has 1 N–H and O–H groups in total. The molecule has 1 aliphatic rings. The largest absolute Gasteiger partial charge is 0.340 e. The molecule has 2 amide bonds. The minimum Gasteiger partial charge on any atom is -0.340 e. The van der Waals surface area contributed by atoms with Crippen molar-refractivity contribution >= 4 is 23.6 Å². The summed E-state index contributed by atoms with van der Waals surface area (Å²) < 4.78 is 0. The fourth-order valence-corrected chi connectivity index (χ4v) is 2.74. The minimum atomic E-state index is -0.786. The van der Waals surface area contributed by atoms with E-state index in [1.54, 1.807) is 30.5 Å². The zero-order chi connectivity index (χ0) is 13.8. The summed E-state index contributed by atoms with van der Waals surface area (Å²) in [5, 5.41) is 2.78. The van der Waals surface area contributed by atoms with E-state index in [1.807, 2.05) is 13.0 Å². The third-order valence-electron chi connectivity index (χ3n) is 3.01. The zero-order valence-electron chi connectivity index (χ0n) is 11.4. The predicted molar refractivity (Wildman–Crippen MR) is 75.5 cm³/mol. The van der Waals surface area contributed by atoms with Crippen molar-refractivity contribution in [2.45, 2.75) is 38.8 Å². The van der Waals surface area contributed by atoms with Crippen molar-refractivity contribution in [3.05, 3.63) is 12.7 Å². The molecule has 1 aliphatic heterocycles. The van der Waals surface area contributed by atoms with Gasteiger partial charge < -0.3 is 10.2 Å². The molecule has 0 saturated carbocycles. The standard InChI is InChI=1S/C13H22N2O2S/c1-5-8-18-9-7-15-10(6-2)11(16)14-13(3,4)12(15)17/h5,10H,1,6-9H2,2-4H3,(H,14,16). The normalized spacial score (nSPS) is 22.8. The Morgan fingerprint density at radius 3 is 2.72 bits per heavy atom. The van der Waals surface area contributed by atoms with E-state index < -0.39 is 5.54 Å². The van der Waals surface area contributed by atoms with Crippen LogP contribution in [0.4, 0.5) is 0 Å². The molecule has 18 heavy (non-hydrogen) atoms. The van der Waals surface area contributed by atoms with Crippen molar-refractivity contribution < 1.29 is 9.59 Å². The van der Waals surface area contributed by atoms with E-state index in [-0.39, 0.29) is 17.9 Å². The first-order valence-electron chi connectivity index (χ1n) is 6.25. The number of hydrogen-bond acceptors (Lipinski definition) is 3. The molecule has 0 aromatic rings. The Balaban J connectivity index is 2.71. The van der Waals surface area contributed by atoms with Crippen molar-refractivity contribution in [2.75, 3.05) is 18.1 Å². The Hall–Kier alpha value is -0.970. The number of hydrogen-bond donors (Lipinski definition) is 1. The minimum absolute atomic E-state index is 0.00755. The van der Waals surface area contributed by atoms with Gasteiger partial charge in [-0.3, -0.25) is 9.59 Å². The van der Waals surface area contributed by atoms with E-state index in [0.29, 0.717) is 13.0 Å². The molecule has 1 heterocycles. The summed E-state index contributed by atoms with van der Waals surface area (Å²) in [4.78, 5) is 26.0. The van der Waals surface area contributed by atoms with Crippen LogP contribution in [-0.4, -0.2) is 46.3 Å². The Morgan fingerprint density at radius 1 is 1.50 bits per heavy atom. The molecule has 0 bridgehead atoms. The number of carbonyl (C=O) groups is 2. The van der Waals surface area contributed by atoms with Gasteiger partial charge in [-0.05, 0) is 20.3 Å². The van der Waals surface area contributed by atoms with Crippen LogP contribution >= 0.6 is 11.8 Å². The van der Waals surface area contributed by atoms with Gasteiger partial charge in [-0.1, -0.05) is 13.0 Å². The summed E-state index contributed by atoms with van der Waals surface area (Å²) in [6, 6.07) is -0.324. The lowest BCUT2D eigenvalue weighted by atomic mass is 9.96. The van der Waals surface area contributed by atoms with Gasteiger partial charge in [-0.15, -0.1) is 6.58 Å². The highest BCUT2D eigenvalue weighted by molar-refractivity contribution is 7.99. The lowest BCUT2D eigenvalue weighted by Crippen LogP contribution is -2.68. The van der Waals surface area contributed by atoms with Crippen LogP contribution in [0.25, 0.3) is 0 Å². The summed E-state index contributed by atoms with van der Waals surface area (Å²) in [6.07, 6.45) is 2.50. The van der Waals surface area contributed by atoms with Crippen LogP contribution < -0.4 is 5.32 Å². The van der Waals surface area contributed by atoms with E-state index in [1.165, 1.54) is 0 Å². The van der Waals surface area contributed by atoms with Gasteiger partial charge in [-0.2, -0.15) is 11.8 Å². The first-order chi connectivity index (χ1) is 8.44. The highest BCUT2D eigenvalue weighted by Gasteiger charge is 2.43. The SMILES string of the molecule is C=CCSCCN1C(=O)C(C)(C)NC(=O)C1CC. The van der Waals surface area contributed by atoms with Gasteiger partial charge in [0.2, 0.25) is 11.8 Å². The van der Waals surface area contributed by atoms with E-state index >= 15 is 0 Å². The fourth-order valence-electron chi connectivity index (χ4n) is 2.08. The number of amides is 2. The topological polar surface area (TPSA) is 49.4 Å². The number of nitrogens with zero attached hydrogens (tertiary/aromatic N) is 1. The summed E-state index contributed by atoms with van der Waals surface area (Å²) in [6.45, 7) is 9.71. The molecule has 0 spiro atoms. The van der Waals surface area contributed by atoms with Gasteiger partial charge in [0.1, 0.15) is 11.6 Å². The Kier molecular flexibility index (Phi) is 5.26. The molecule has 0 aromatic heterocycles. The molecule has 4 nitrogen and oxygen atoms in total. The van der Waals surface area contributed by atoms with Crippen molar-refractivity contribution in [3.8, 4) is 0 Å². The number of thioether (sulfide) groups is 1. The molecule has 1 unspecified atom stereocenters. The molecule has 1 saturated heterocycles. The van der Waals surface area contributed by atoms with E-state index in [4.69, 9.17) is 0 Å². The third-order valence-corrected chi connectivity index (χ3v) is 3.95. The maximum absolute atomic E-state index is 12.3. The number of nitrogens with one attached hydrogen (secondary N) is 1. The summed E-state index contributed by atoms with van der Waals surface area (Å²) in [7, 11) is 0. The lowest BCUT2D eigenvalue weighted by Gasteiger charge is -2.42. The highest BCUT2D eigenvalue weighted by atomic mass is 32.2. The number of piperazine rings is 1. The van der Waals surface area contributed by atoms with Gasteiger partial charge in [0.15, 0.2) is 0 Å². The summed E-state index contributed by atoms with van der Waals surface area (Å²) in [5.41, 5.74) is -0.786. The molecular formula is C13H22N2O2S. The lowest BCUT2D eigenvalue weighted by molar-refractivity contribution is -0.153. The molecular weight excluding hydrogens is 248 g/mol. The van der Waals surface area contributed by atoms with Crippen molar-refractivity contribution in [1.82, 2.24) is 10.2 Å². The van der Waals surface area contributed by atoms with Gasteiger partial charge in [-0.25, -0.2) is 0 Å². The highest BCUT2D eigenvalue weighted by Crippen LogP contribution is 2.20. The quantitative estimate of drug-likeness (QED) is 0.586. The van der Waals surface area contributed by atoms with Crippen LogP contribution in [0.3, 0.4) is 0 Å². The van der Waals surface area contributed by atoms with E-state index in [9.17, 15) is 9.59 Å².